The second-order valence-electron chi connectivity index (χ2n) is 4.62. The second-order valence-corrected chi connectivity index (χ2v) is 4.62. The maximum Gasteiger partial charge on any atom is 0.226 e. The van der Waals surface area contributed by atoms with E-state index in [4.69, 9.17) is 0 Å². The number of imidazole rings is 1. The van der Waals surface area contributed by atoms with E-state index in [0.717, 1.165) is 23.0 Å². The van der Waals surface area contributed by atoms with Crippen molar-refractivity contribution in [1.82, 2.24) is 29.7 Å². The summed E-state index contributed by atoms with van der Waals surface area (Å²) in [6.45, 7) is 2.75. The Balaban J connectivity index is 2.02. The van der Waals surface area contributed by atoms with Gasteiger partial charge in [0.2, 0.25) is 5.95 Å². The van der Waals surface area contributed by atoms with Gasteiger partial charge in [0.05, 0.1) is 18.0 Å². The Morgan fingerprint density at radius 1 is 1.24 bits per heavy atom. The summed E-state index contributed by atoms with van der Waals surface area (Å²) in [5, 5.41) is 8.63. The van der Waals surface area contributed by atoms with Gasteiger partial charge in [0, 0.05) is 11.9 Å². The summed E-state index contributed by atoms with van der Waals surface area (Å²) in [4.78, 5) is 16.2. The lowest BCUT2D eigenvalue weighted by atomic mass is 10.2. The van der Waals surface area contributed by atoms with Gasteiger partial charge in [-0.25, -0.2) is 9.67 Å². The van der Waals surface area contributed by atoms with E-state index in [2.05, 4.69) is 30.4 Å². The number of para-hydroxylation sites is 1. The fraction of sp³-hybridized carbons (Fsp3) is 0.143. The smallest absolute Gasteiger partial charge is 0.226 e. The Bertz CT molecular complexity index is 921. The molecule has 0 amide bonds. The molecule has 4 aromatic rings. The molecule has 2 N–H and O–H groups in total. The molecule has 21 heavy (non-hydrogen) atoms. The molecular formula is C14H13N7. The molecule has 3 aromatic heterocycles. The molecule has 0 spiro atoms. The molecule has 104 valence electrons. The lowest BCUT2D eigenvalue weighted by Crippen LogP contribution is -2.07. The van der Waals surface area contributed by atoms with Crippen LogP contribution in [0.25, 0.3) is 27.9 Å². The zero-order chi connectivity index (χ0) is 14.2. The van der Waals surface area contributed by atoms with Crippen molar-refractivity contribution in [1.29, 1.82) is 0 Å². The highest BCUT2D eigenvalue weighted by atomic mass is 15.3. The third-order valence-corrected chi connectivity index (χ3v) is 3.28. The van der Waals surface area contributed by atoms with Gasteiger partial charge in [0.1, 0.15) is 5.52 Å². The van der Waals surface area contributed by atoms with E-state index in [1.165, 1.54) is 0 Å². The fourth-order valence-corrected chi connectivity index (χ4v) is 2.35. The Labute approximate surface area is 120 Å². The first kappa shape index (κ1) is 11.8. The SMILES string of the molecule is CCNc1nc(-n2ncc3ccccc32)c2[nH]cnc2n1. The van der Waals surface area contributed by atoms with Crippen LogP contribution in [0.3, 0.4) is 0 Å². The highest BCUT2D eigenvalue weighted by Gasteiger charge is 2.14. The van der Waals surface area contributed by atoms with Crippen LogP contribution in [0, 0.1) is 0 Å². The number of benzene rings is 1. The van der Waals surface area contributed by atoms with Gasteiger partial charge in [-0.2, -0.15) is 15.1 Å². The predicted molar refractivity (Wildman–Crippen MR) is 80.5 cm³/mol. The second kappa shape index (κ2) is 4.55. The molecule has 0 aliphatic rings. The molecule has 0 unspecified atom stereocenters. The third-order valence-electron chi connectivity index (χ3n) is 3.28. The summed E-state index contributed by atoms with van der Waals surface area (Å²) in [6, 6.07) is 8.01. The monoisotopic (exact) mass is 279 g/mol. The molecular weight excluding hydrogens is 266 g/mol. The van der Waals surface area contributed by atoms with Crippen molar-refractivity contribution in [3.8, 4) is 5.82 Å². The number of anilines is 1. The van der Waals surface area contributed by atoms with Crippen LogP contribution in [0.5, 0.6) is 0 Å². The summed E-state index contributed by atoms with van der Waals surface area (Å²) in [7, 11) is 0. The summed E-state index contributed by atoms with van der Waals surface area (Å²) < 4.78 is 1.80. The Hall–Kier alpha value is -2.96. The number of hydrogen-bond acceptors (Lipinski definition) is 5. The topological polar surface area (TPSA) is 84.3 Å². The van der Waals surface area contributed by atoms with E-state index in [0.29, 0.717) is 17.4 Å². The number of aromatic amines is 1. The number of nitrogens with zero attached hydrogens (tertiary/aromatic N) is 5. The van der Waals surface area contributed by atoms with Gasteiger partial charge in [-0.05, 0) is 13.0 Å². The third kappa shape index (κ3) is 1.82. The summed E-state index contributed by atoms with van der Waals surface area (Å²) in [5.41, 5.74) is 2.38. The van der Waals surface area contributed by atoms with Crippen LogP contribution in [0.4, 0.5) is 5.95 Å². The minimum atomic E-state index is 0.548. The summed E-state index contributed by atoms with van der Waals surface area (Å²) >= 11 is 0. The van der Waals surface area contributed by atoms with Crippen molar-refractivity contribution in [3.05, 3.63) is 36.8 Å². The molecule has 0 saturated carbocycles. The molecule has 0 aliphatic heterocycles. The molecule has 1 aromatic carbocycles. The minimum Gasteiger partial charge on any atom is -0.354 e. The van der Waals surface area contributed by atoms with Gasteiger partial charge in [0.15, 0.2) is 11.5 Å². The van der Waals surface area contributed by atoms with Crippen LogP contribution >= 0.6 is 0 Å². The molecule has 7 nitrogen and oxygen atoms in total. The predicted octanol–water partition coefficient (Wildman–Crippen LogP) is 2.12. The minimum absolute atomic E-state index is 0.548. The van der Waals surface area contributed by atoms with Gasteiger partial charge < -0.3 is 10.3 Å². The average Bonchev–Trinajstić information content (AvgIpc) is 3.13. The number of aromatic nitrogens is 6. The molecule has 3 heterocycles. The van der Waals surface area contributed by atoms with E-state index in [1.54, 1.807) is 11.0 Å². The van der Waals surface area contributed by atoms with Crippen LogP contribution in [0.2, 0.25) is 0 Å². The number of rotatable bonds is 3. The highest BCUT2D eigenvalue weighted by molar-refractivity contribution is 5.85. The van der Waals surface area contributed by atoms with Crippen LogP contribution in [0.15, 0.2) is 36.8 Å². The lowest BCUT2D eigenvalue weighted by molar-refractivity contribution is 0.875. The quantitative estimate of drug-likeness (QED) is 0.600. The van der Waals surface area contributed by atoms with Crippen molar-refractivity contribution in [2.75, 3.05) is 11.9 Å². The van der Waals surface area contributed by atoms with Crippen molar-refractivity contribution >= 4 is 28.0 Å². The molecule has 0 radical (unpaired) electrons. The van der Waals surface area contributed by atoms with Crippen LogP contribution in [-0.2, 0) is 0 Å². The maximum atomic E-state index is 4.56. The fourth-order valence-electron chi connectivity index (χ4n) is 2.35. The van der Waals surface area contributed by atoms with E-state index < -0.39 is 0 Å². The Kier molecular flexibility index (Phi) is 2.56. The van der Waals surface area contributed by atoms with Crippen molar-refractivity contribution in [2.45, 2.75) is 6.92 Å². The van der Waals surface area contributed by atoms with E-state index in [9.17, 15) is 0 Å². The molecule has 0 atom stereocenters. The number of nitrogens with one attached hydrogen (secondary N) is 2. The largest absolute Gasteiger partial charge is 0.354 e. The van der Waals surface area contributed by atoms with Crippen LogP contribution in [0.1, 0.15) is 6.92 Å². The molecule has 0 saturated heterocycles. The van der Waals surface area contributed by atoms with E-state index in [-0.39, 0.29) is 0 Å². The first-order valence-electron chi connectivity index (χ1n) is 6.75. The molecule has 0 bridgehead atoms. The number of H-pyrrole nitrogens is 1. The Morgan fingerprint density at radius 2 is 2.14 bits per heavy atom. The summed E-state index contributed by atoms with van der Waals surface area (Å²) in [5.74, 6) is 1.24. The van der Waals surface area contributed by atoms with Crippen LogP contribution in [-0.4, -0.2) is 36.3 Å². The average molecular weight is 279 g/mol. The van der Waals surface area contributed by atoms with Gasteiger partial charge in [-0.1, -0.05) is 18.2 Å². The van der Waals surface area contributed by atoms with Crippen LogP contribution < -0.4 is 5.32 Å². The maximum absolute atomic E-state index is 4.56. The normalized spacial score (nSPS) is 11.3. The molecule has 7 heteroatoms. The van der Waals surface area contributed by atoms with Gasteiger partial charge in [-0.15, -0.1) is 0 Å². The highest BCUT2D eigenvalue weighted by Crippen LogP contribution is 2.22. The Morgan fingerprint density at radius 3 is 3.05 bits per heavy atom. The molecule has 0 aliphatic carbocycles. The molecule has 0 fully saturated rings. The van der Waals surface area contributed by atoms with E-state index >= 15 is 0 Å². The number of fused-ring (bicyclic) bond motifs is 2. The zero-order valence-corrected chi connectivity index (χ0v) is 11.4. The molecule has 4 rings (SSSR count). The number of hydrogen-bond donors (Lipinski definition) is 2. The van der Waals surface area contributed by atoms with Crippen molar-refractivity contribution in [2.24, 2.45) is 0 Å². The standard InChI is InChI=1S/C14H13N7/c1-2-15-14-19-12-11(16-8-17-12)13(20-14)21-10-6-4-3-5-9(10)7-18-21/h3-8H,2H2,1H3,(H2,15,16,17,19,20). The van der Waals surface area contributed by atoms with E-state index in [1.807, 2.05) is 37.4 Å². The van der Waals surface area contributed by atoms with Crippen molar-refractivity contribution < 1.29 is 0 Å². The lowest BCUT2D eigenvalue weighted by Gasteiger charge is -2.07. The van der Waals surface area contributed by atoms with Gasteiger partial charge in [-0.3, -0.25) is 0 Å². The first-order chi connectivity index (χ1) is 10.4. The van der Waals surface area contributed by atoms with Gasteiger partial charge in [0.25, 0.3) is 0 Å². The van der Waals surface area contributed by atoms with Gasteiger partial charge >= 0.3 is 0 Å². The van der Waals surface area contributed by atoms with Crippen molar-refractivity contribution in [3.63, 3.8) is 0 Å². The summed E-state index contributed by atoms with van der Waals surface area (Å²) in [6.07, 6.45) is 3.44. The zero-order valence-electron chi connectivity index (χ0n) is 11.4. The first-order valence-corrected chi connectivity index (χ1v) is 6.75.